The molecule has 2 aliphatic rings. The number of hydrogen-bond acceptors (Lipinski definition) is 2. The maximum atomic E-state index is 6.46. The van der Waals surface area contributed by atoms with Gasteiger partial charge in [-0.3, -0.25) is 0 Å². The van der Waals surface area contributed by atoms with Gasteiger partial charge in [-0.25, -0.2) is 0 Å². The van der Waals surface area contributed by atoms with Crippen molar-refractivity contribution in [3.05, 3.63) is 28.3 Å². The van der Waals surface area contributed by atoms with E-state index in [4.69, 9.17) is 16.3 Å². The first-order valence-corrected chi connectivity index (χ1v) is 8.15. The van der Waals surface area contributed by atoms with Crippen LogP contribution in [-0.2, 0) is 0 Å². The van der Waals surface area contributed by atoms with E-state index in [9.17, 15) is 0 Å². The molecule has 20 heavy (non-hydrogen) atoms. The van der Waals surface area contributed by atoms with Gasteiger partial charge in [-0.1, -0.05) is 11.6 Å². The van der Waals surface area contributed by atoms with Crippen molar-refractivity contribution in [2.24, 2.45) is 0 Å². The molecule has 2 saturated carbocycles. The zero-order valence-corrected chi connectivity index (χ0v) is 13.2. The lowest BCUT2D eigenvalue weighted by atomic mass is 9.77. The van der Waals surface area contributed by atoms with Crippen LogP contribution in [0, 0.1) is 13.8 Å². The molecule has 0 spiro atoms. The van der Waals surface area contributed by atoms with Crippen molar-refractivity contribution in [2.75, 3.05) is 6.54 Å². The van der Waals surface area contributed by atoms with E-state index in [1.807, 2.05) is 12.1 Å². The van der Waals surface area contributed by atoms with E-state index in [2.05, 4.69) is 19.2 Å². The fourth-order valence-electron chi connectivity index (χ4n) is 3.04. The van der Waals surface area contributed by atoms with Crippen LogP contribution in [0.25, 0.3) is 0 Å². The normalized spacial score (nSPS) is 20.6. The number of nitrogens with one attached hydrogen (secondary N) is 1. The highest BCUT2D eigenvalue weighted by molar-refractivity contribution is 6.30. The van der Waals surface area contributed by atoms with Gasteiger partial charge in [0.1, 0.15) is 11.4 Å². The average molecular weight is 294 g/mol. The second-order valence-electron chi connectivity index (χ2n) is 6.49. The molecule has 0 amide bonds. The summed E-state index contributed by atoms with van der Waals surface area (Å²) >= 11 is 6.10. The number of benzene rings is 1. The SMILES string of the molecule is Cc1cc(Cl)cc(C)c1OC1(CCNC2CC2)CCC1. The molecule has 3 heteroatoms. The minimum absolute atomic E-state index is 0.0608. The molecule has 2 nitrogen and oxygen atoms in total. The van der Waals surface area contributed by atoms with Gasteiger partial charge in [0, 0.05) is 11.1 Å². The lowest BCUT2D eigenvalue weighted by Crippen LogP contribution is -2.45. The lowest BCUT2D eigenvalue weighted by Gasteiger charge is -2.43. The third kappa shape index (κ3) is 3.12. The van der Waals surface area contributed by atoms with Gasteiger partial charge in [-0.15, -0.1) is 0 Å². The quantitative estimate of drug-likeness (QED) is 0.839. The topological polar surface area (TPSA) is 21.3 Å². The highest BCUT2D eigenvalue weighted by Crippen LogP contribution is 2.41. The zero-order chi connectivity index (χ0) is 14.2. The molecular formula is C17H24ClNO. The van der Waals surface area contributed by atoms with Crippen LogP contribution in [0.15, 0.2) is 12.1 Å². The second kappa shape index (κ2) is 5.57. The van der Waals surface area contributed by atoms with Gasteiger partial charge in [0.15, 0.2) is 0 Å². The first-order valence-electron chi connectivity index (χ1n) is 7.77. The van der Waals surface area contributed by atoms with Crippen molar-refractivity contribution < 1.29 is 4.74 Å². The van der Waals surface area contributed by atoms with Crippen LogP contribution >= 0.6 is 11.6 Å². The molecule has 0 aromatic heterocycles. The van der Waals surface area contributed by atoms with E-state index in [0.717, 1.165) is 40.9 Å². The molecule has 1 aromatic rings. The molecular weight excluding hydrogens is 270 g/mol. The molecule has 0 bridgehead atoms. The Balaban J connectivity index is 1.67. The lowest BCUT2D eigenvalue weighted by molar-refractivity contribution is -0.0153. The minimum atomic E-state index is 0.0608. The van der Waals surface area contributed by atoms with E-state index in [0.29, 0.717) is 0 Å². The Labute approximate surface area is 126 Å². The van der Waals surface area contributed by atoms with Gasteiger partial charge in [-0.05, 0) is 82.2 Å². The Bertz CT molecular complexity index is 469. The fourth-order valence-corrected chi connectivity index (χ4v) is 3.37. The monoisotopic (exact) mass is 293 g/mol. The van der Waals surface area contributed by atoms with Crippen LogP contribution in [0.2, 0.25) is 5.02 Å². The second-order valence-corrected chi connectivity index (χ2v) is 6.92. The van der Waals surface area contributed by atoms with E-state index in [1.165, 1.54) is 32.1 Å². The summed E-state index contributed by atoms with van der Waals surface area (Å²) < 4.78 is 6.46. The Morgan fingerprint density at radius 3 is 2.40 bits per heavy atom. The largest absolute Gasteiger partial charge is 0.487 e. The van der Waals surface area contributed by atoms with E-state index in [1.54, 1.807) is 0 Å². The predicted molar refractivity (Wildman–Crippen MR) is 83.8 cm³/mol. The van der Waals surface area contributed by atoms with Gasteiger partial charge < -0.3 is 10.1 Å². The van der Waals surface area contributed by atoms with Crippen molar-refractivity contribution in [3.63, 3.8) is 0 Å². The molecule has 2 aliphatic carbocycles. The molecule has 0 unspecified atom stereocenters. The zero-order valence-electron chi connectivity index (χ0n) is 12.5. The summed E-state index contributed by atoms with van der Waals surface area (Å²) in [6.45, 7) is 5.25. The summed E-state index contributed by atoms with van der Waals surface area (Å²) in [7, 11) is 0. The summed E-state index contributed by atoms with van der Waals surface area (Å²) in [6.07, 6.45) is 7.47. The van der Waals surface area contributed by atoms with Crippen LogP contribution in [0.4, 0.5) is 0 Å². The fraction of sp³-hybridized carbons (Fsp3) is 0.647. The first-order chi connectivity index (χ1) is 9.58. The highest BCUT2D eigenvalue weighted by Gasteiger charge is 2.39. The molecule has 0 heterocycles. The number of halogens is 1. The van der Waals surface area contributed by atoms with Crippen molar-refractivity contribution in [1.82, 2.24) is 5.32 Å². The Hall–Kier alpha value is -0.730. The Morgan fingerprint density at radius 2 is 1.90 bits per heavy atom. The molecule has 2 fully saturated rings. The Kier molecular flexibility index (Phi) is 3.96. The van der Waals surface area contributed by atoms with E-state index in [-0.39, 0.29) is 5.60 Å². The van der Waals surface area contributed by atoms with Gasteiger partial charge in [0.25, 0.3) is 0 Å². The van der Waals surface area contributed by atoms with Crippen LogP contribution in [0.5, 0.6) is 5.75 Å². The minimum Gasteiger partial charge on any atom is -0.487 e. The van der Waals surface area contributed by atoms with Gasteiger partial charge in [0.2, 0.25) is 0 Å². The molecule has 0 aliphatic heterocycles. The van der Waals surface area contributed by atoms with Crippen LogP contribution < -0.4 is 10.1 Å². The Morgan fingerprint density at radius 1 is 1.25 bits per heavy atom. The summed E-state index contributed by atoms with van der Waals surface area (Å²) in [5.41, 5.74) is 2.36. The summed E-state index contributed by atoms with van der Waals surface area (Å²) in [4.78, 5) is 0. The van der Waals surface area contributed by atoms with Crippen molar-refractivity contribution >= 4 is 11.6 Å². The van der Waals surface area contributed by atoms with Crippen molar-refractivity contribution in [3.8, 4) is 5.75 Å². The molecule has 110 valence electrons. The molecule has 0 atom stereocenters. The number of rotatable bonds is 6. The summed E-state index contributed by atoms with van der Waals surface area (Å²) in [6, 6.07) is 4.78. The van der Waals surface area contributed by atoms with Crippen LogP contribution in [0.1, 0.15) is 49.7 Å². The van der Waals surface area contributed by atoms with E-state index < -0.39 is 0 Å². The summed E-state index contributed by atoms with van der Waals surface area (Å²) in [5.74, 6) is 1.04. The highest BCUT2D eigenvalue weighted by atomic mass is 35.5. The predicted octanol–water partition coefficient (Wildman–Crippen LogP) is 4.40. The molecule has 0 saturated heterocycles. The van der Waals surface area contributed by atoms with Crippen molar-refractivity contribution in [2.45, 2.75) is 64.0 Å². The van der Waals surface area contributed by atoms with Gasteiger partial charge in [-0.2, -0.15) is 0 Å². The smallest absolute Gasteiger partial charge is 0.126 e. The van der Waals surface area contributed by atoms with E-state index >= 15 is 0 Å². The number of hydrogen-bond donors (Lipinski definition) is 1. The number of aryl methyl sites for hydroxylation is 2. The van der Waals surface area contributed by atoms with Crippen LogP contribution in [-0.4, -0.2) is 18.2 Å². The standard InChI is InChI=1S/C17H24ClNO/c1-12-10-14(18)11-13(2)16(12)20-17(6-3-7-17)8-9-19-15-4-5-15/h10-11,15,19H,3-9H2,1-2H3. The van der Waals surface area contributed by atoms with Gasteiger partial charge >= 0.3 is 0 Å². The first kappa shape index (κ1) is 14.2. The van der Waals surface area contributed by atoms with Crippen LogP contribution in [0.3, 0.4) is 0 Å². The molecule has 1 aromatic carbocycles. The molecule has 1 N–H and O–H groups in total. The average Bonchev–Trinajstić information content (AvgIpc) is 3.13. The summed E-state index contributed by atoms with van der Waals surface area (Å²) in [5, 5.41) is 4.40. The number of ether oxygens (including phenoxy) is 1. The van der Waals surface area contributed by atoms with Crippen molar-refractivity contribution in [1.29, 1.82) is 0 Å². The third-order valence-corrected chi connectivity index (χ3v) is 4.82. The molecule has 3 rings (SSSR count). The maximum absolute atomic E-state index is 6.46. The maximum Gasteiger partial charge on any atom is 0.126 e. The third-order valence-electron chi connectivity index (χ3n) is 4.60. The van der Waals surface area contributed by atoms with Gasteiger partial charge in [0.05, 0.1) is 0 Å². The molecule has 0 radical (unpaired) electrons.